The van der Waals surface area contributed by atoms with E-state index in [9.17, 15) is 14.4 Å². The third kappa shape index (κ3) is 4.54. The minimum atomic E-state index is -0.980. The number of hydrazone groups is 1. The van der Waals surface area contributed by atoms with Gasteiger partial charge in [-0.1, -0.05) is 25.5 Å². The van der Waals surface area contributed by atoms with Gasteiger partial charge in [0.2, 0.25) is 0 Å². The van der Waals surface area contributed by atoms with Crippen LogP contribution in [0, 0.1) is 28.6 Å². The molecule has 0 aliphatic heterocycles. The summed E-state index contributed by atoms with van der Waals surface area (Å²) < 4.78 is 22.9. The fourth-order valence-electron chi connectivity index (χ4n) is 8.81. The molecule has 0 aromatic rings. The van der Waals surface area contributed by atoms with E-state index in [1.165, 1.54) is 19.4 Å². The van der Waals surface area contributed by atoms with Crippen LogP contribution in [-0.2, 0) is 28.5 Å². The van der Waals surface area contributed by atoms with Gasteiger partial charge in [0.1, 0.15) is 17.8 Å². The fourth-order valence-corrected chi connectivity index (χ4v) is 8.81. The second kappa shape index (κ2) is 10.6. The SMILES string of the molecule is CCOC(=O)N/N=C(/C)[C@]1(OC)[C@@H](OC(C)=O)C[C@@H]2[C@H]3CC=C4C[C@@H](OC(C)=O)CC[C@]4(C)[C@@H]3CC[C@]21C. The number of carbonyl (C=O) groups is 3. The lowest BCUT2D eigenvalue weighted by Gasteiger charge is -2.59. The molecule has 38 heavy (non-hydrogen) atoms. The summed E-state index contributed by atoms with van der Waals surface area (Å²) in [6.45, 7) is 11.3. The molecule has 0 saturated heterocycles. The number of nitrogens with one attached hydrogen (secondary N) is 1. The van der Waals surface area contributed by atoms with E-state index in [1.54, 1.807) is 14.0 Å². The van der Waals surface area contributed by atoms with Gasteiger partial charge in [0.05, 0.1) is 12.3 Å². The molecule has 0 aromatic carbocycles. The third-order valence-electron chi connectivity index (χ3n) is 10.3. The quantitative estimate of drug-likeness (QED) is 0.170. The molecule has 4 rings (SSSR count). The molecule has 0 heterocycles. The van der Waals surface area contributed by atoms with Crippen molar-refractivity contribution in [1.29, 1.82) is 0 Å². The van der Waals surface area contributed by atoms with Crippen LogP contribution in [0.3, 0.4) is 0 Å². The van der Waals surface area contributed by atoms with Gasteiger partial charge in [-0.25, -0.2) is 10.2 Å². The number of ether oxygens (including phenoxy) is 4. The zero-order valence-electron chi connectivity index (χ0n) is 23.9. The predicted molar refractivity (Wildman–Crippen MR) is 141 cm³/mol. The van der Waals surface area contributed by atoms with E-state index in [0.717, 1.165) is 38.5 Å². The summed E-state index contributed by atoms with van der Waals surface area (Å²) in [6, 6.07) is 0. The molecular formula is C29H44N2O7. The highest BCUT2D eigenvalue weighted by Gasteiger charge is 2.70. The second-order valence-electron chi connectivity index (χ2n) is 12.0. The summed E-state index contributed by atoms with van der Waals surface area (Å²) in [6.07, 6.45) is 7.38. The fraction of sp³-hybridized carbons (Fsp3) is 0.793. The van der Waals surface area contributed by atoms with Crippen molar-refractivity contribution < 1.29 is 33.3 Å². The van der Waals surface area contributed by atoms with Crippen molar-refractivity contribution in [2.45, 2.75) is 104 Å². The number of rotatable bonds is 6. The van der Waals surface area contributed by atoms with Crippen molar-refractivity contribution in [3.63, 3.8) is 0 Å². The van der Waals surface area contributed by atoms with Gasteiger partial charge >= 0.3 is 18.0 Å². The van der Waals surface area contributed by atoms with Crippen LogP contribution in [0.1, 0.15) is 86.5 Å². The topological polar surface area (TPSA) is 113 Å². The van der Waals surface area contributed by atoms with Gasteiger partial charge in [-0.05, 0) is 75.5 Å². The van der Waals surface area contributed by atoms with Crippen LogP contribution >= 0.6 is 0 Å². The predicted octanol–water partition coefficient (Wildman–Crippen LogP) is 4.93. The van der Waals surface area contributed by atoms with Gasteiger partial charge in [-0.2, -0.15) is 5.10 Å². The van der Waals surface area contributed by atoms with Crippen LogP contribution in [0.4, 0.5) is 4.79 Å². The maximum absolute atomic E-state index is 12.3. The van der Waals surface area contributed by atoms with Gasteiger partial charge < -0.3 is 18.9 Å². The van der Waals surface area contributed by atoms with Crippen LogP contribution in [0.15, 0.2) is 16.8 Å². The van der Waals surface area contributed by atoms with E-state index in [4.69, 9.17) is 18.9 Å². The van der Waals surface area contributed by atoms with Crippen molar-refractivity contribution in [3.8, 4) is 0 Å². The Labute approximate surface area is 226 Å². The normalized spacial score (nSPS) is 40.1. The number of esters is 2. The molecule has 3 fully saturated rings. The molecule has 0 bridgehead atoms. The van der Waals surface area contributed by atoms with Crippen molar-refractivity contribution in [1.82, 2.24) is 5.43 Å². The van der Waals surface area contributed by atoms with Gasteiger partial charge in [0.25, 0.3) is 0 Å². The number of hydrogen-bond donors (Lipinski definition) is 1. The lowest BCUT2D eigenvalue weighted by Crippen LogP contribution is -2.61. The molecule has 0 spiro atoms. The number of allylic oxidation sites excluding steroid dienone is 1. The molecule has 4 aliphatic rings. The highest BCUT2D eigenvalue weighted by atomic mass is 16.6. The highest BCUT2D eigenvalue weighted by Crippen LogP contribution is 2.68. The molecule has 9 nitrogen and oxygen atoms in total. The maximum Gasteiger partial charge on any atom is 0.427 e. The Hall–Kier alpha value is -2.42. The van der Waals surface area contributed by atoms with Crippen LogP contribution in [-0.4, -0.2) is 55.3 Å². The van der Waals surface area contributed by atoms with E-state index < -0.39 is 17.8 Å². The first kappa shape index (κ1) is 28.6. The van der Waals surface area contributed by atoms with E-state index in [2.05, 4.69) is 30.5 Å². The largest absolute Gasteiger partial charge is 0.462 e. The van der Waals surface area contributed by atoms with Crippen LogP contribution in [0.25, 0.3) is 0 Å². The molecule has 0 unspecified atom stereocenters. The molecule has 9 heteroatoms. The molecule has 212 valence electrons. The number of carbonyl (C=O) groups excluding carboxylic acids is 3. The molecule has 8 atom stereocenters. The average Bonchev–Trinajstić information content (AvgIpc) is 3.10. The van der Waals surface area contributed by atoms with Crippen molar-refractivity contribution in [2.24, 2.45) is 33.7 Å². The molecule has 4 aliphatic carbocycles. The maximum atomic E-state index is 12.3. The van der Waals surface area contributed by atoms with Gasteiger partial charge in [-0.15, -0.1) is 0 Å². The summed E-state index contributed by atoms with van der Waals surface area (Å²) in [5.74, 6) is 0.546. The molecule has 3 saturated carbocycles. The third-order valence-corrected chi connectivity index (χ3v) is 10.3. The van der Waals surface area contributed by atoms with E-state index in [-0.39, 0.29) is 41.4 Å². The number of hydrogen-bond acceptors (Lipinski definition) is 8. The van der Waals surface area contributed by atoms with E-state index in [0.29, 0.717) is 24.0 Å². The Morgan fingerprint density at radius 1 is 1.05 bits per heavy atom. The zero-order chi connectivity index (χ0) is 27.9. The number of fused-ring (bicyclic) bond motifs is 5. The smallest absolute Gasteiger partial charge is 0.427 e. The molecule has 1 amide bonds. The summed E-state index contributed by atoms with van der Waals surface area (Å²) >= 11 is 0. The zero-order valence-corrected chi connectivity index (χ0v) is 23.9. The standard InChI is InChI=1S/C29H44N2O7/c1-8-36-26(34)31-30-17(2)29(35-7)25(38-19(4)33)16-24-22-10-9-20-15-21(37-18(3)32)11-13-27(20,5)23(22)12-14-28(24,29)6/h9,21-25H,8,10-16H2,1-7H3,(H,31,34)/b30-17-/t21-,22-,23+,24+,25-,27-,28+,29-/m0/s1. The van der Waals surface area contributed by atoms with Crippen LogP contribution < -0.4 is 5.43 Å². The van der Waals surface area contributed by atoms with Crippen LogP contribution in [0.2, 0.25) is 0 Å². The summed E-state index contributed by atoms with van der Waals surface area (Å²) in [5.41, 5.74) is 3.20. The van der Waals surface area contributed by atoms with Crippen molar-refractivity contribution in [2.75, 3.05) is 13.7 Å². The molecular weight excluding hydrogens is 488 g/mol. The summed E-state index contributed by atoms with van der Waals surface area (Å²) in [7, 11) is 1.65. The number of methoxy groups -OCH3 is 1. The van der Waals surface area contributed by atoms with E-state index in [1.807, 2.05) is 6.92 Å². The molecule has 1 N–H and O–H groups in total. The van der Waals surface area contributed by atoms with Gasteiger partial charge in [-0.3, -0.25) is 9.59 Å². The highest BCUT2D eigenvalue weighted by molar-refractivity contribution is 5.93. The van der Waals surface area contributed by atoms with Gasteiger partial charge in [0.15, 0.2) is 0 Å². The van der Waals surface area contributed by atoms with Crippen molar-refractivity contribution >= 4 is 23.7 Å². The number of amides is 1. The first-order valence-electron chi connectivity index (χ1n) is 14.0. The number of nitrogens with zero attached hydrogens (tertiary/aromatic N) is 1. The lowest BCUT2D eigenvalue weighted by molar-refractivity contribution is -0.167. The van der Waals surface area contributed by atoms with Crippen molar-refractivity contribution in [3.05, 3.63) is 11.6 Å². The Morgan fingerprint density at radius 3 is 2.39 bits per heavy atom. The second-order valence-corrected chi connectivity index (χ2v) is 12.0. The minimum absolute atomic E-state index is 0.0380. The molecule has 0 radical (unpaired) electrons. The minimum Gasteiger partial charge on any atom is -0.462 e. The van der Waals surface area contributed by atoms with Crippen LogP contribution in [0.5, 0.6) is 0 Å². The molecule has 0 aromatic heterocycles. The first-order valence-corrected chi connectivity index (χ1v) is 14.0. The average molecular weight is 533 g/mol. The Bertz CT molecular complexity index is 1020. The van der Waals surface area contributed by atoms with E-state index >= 15 is 0 Å². The lowest BCUT2D eigenvalue weighted by atomic mass is 9.46. The monoisotopic (exact) mass is 532 g/mol. The summed E-state index contributed by atoms with van der Waals surface area (Å²) in [5, 5.41) is 4.40. The Kier molecular flexibility index (Phi) is 7.99. The Balaban J connectivity index is 1.68. The summed E-state index contributed by atoms with van der Waals surface area (Å²) in [4.78, 5) is 35.9. The van der Waals surface area contributed by atoms with Gasteiger partial charge in [0, 0.05) is 32.8 Å². The first-order chi connectivity index (χ1) is 17.9. The Morgan fingerprint density at radius 2 is 1.76 bits per heavy atom.